The van der Waals surface area contributed by atoms with Gasteiger partial charge in [-0.1, -0.05) is 47.5 Å². The van der Waals surface area contributed by atoms with Crippen molar-refractivity contribution in [3.8, 4) is 5.69 Å². The highest BCUT2D eigenvalue weighted by Crippen LogP contribution is 2.07. The van der Waals surface area contributed by atoms with E-state index >= 15 is 0 Å². The summed E-state index contributed by atoms with van der Waals surface area (Å²) in [5.74, 6) is -0.606. The summed E-state index contributed by atoms with van der Waals surface area (Å²) in [6.07, 6.45) is 0. The van der Waals surface area contributed by atoms with Gasteiger partial charge in [-0.15, -0.1) is 0 Å². The minimum Gasteiger partial charge on any atom is -0.351 e. The first-order chi connectivity index (χ1) is 13.4. The van der Waals surface area contributed by atoms with Crippen LogP contribution < -0.4 is 16.6 Å². The van der Waals surface area contributed by atoms with Crippen LogP contribution in [-0.2, 0) is 6.54 Å². The number of hydrogen-bond acceptors (Lipinski definition) is 4. The molecule has 0 aliphatic rings. The monoisotopic (exact) mass is 378 g/mol. The molecule has 0 saturated carbocycles. The zero-order chi connectivity index (χ0) is 20.3. The van der Waals surface area contributed by atoms with Crippen molar-refractivity contribution in [1.82, 2.24) is 19.7 Å². The molecule has 1 N–H and O–H groups in total. The molecule has 1 heterocycles. The number of hydrogen-bond donors (Lipinski definition) is 1. The molecular formula is C21H22N4O3. The number of carbonyl (C=O) groups excluding carboxylic acids is 1. The molecule has 0 spiro atoms. The number of nitrogens with zero attached hydrogens (tertiary/aromatic N) is 3. The molecule has 0 saturated heterocycles. The molecule has 1 aromatic heterocycles. The Balaban J connectivity index is 2.20. The molecule has 7 heteroatoms. The highest BCUT2D eigenvalue weighted by molar-refractivity contribution is 5.91. The minimum absolute atomic E-state index is 0.0543. The lowest BCUT2D eigenvalue weighted by Crippen LogP contribution is -2.46. The molecule has 0 aliphatic heterocycles. The van der Waals surface area contributed by atoms with Gasteiger partial charge in [0, 0.05) is 6.54 Å². The molecule has 7 nitrogen and oxygen atoms in total. The van der Waals surface area contributed by atoms with Crippen LogP contribution in [0.2, 0.25) is 0 Å². The van der Waals surface area contributed by atoms with Crippen LogP contribution in [0.1, 0.15) is 34.1 Å². The van der Waals surface area contributed by atoms with Gasteiger partial charge in [-0.25, -0.2) is 4.79 Å². The largest absolute Gasteiger partial charge is 0.352 e. The topological polar surface area (TPSA) is 86.0 Å². The van der Waals surface area contributed by atoms with Gasteiger partial charge in [0.2, 0.25) is 5.69 Å². The number of aryl methyl sites for hydroxylation is 2. The summed E-state index contributed by atoms with van der Waals surface area (Å²) >= 11 is 0. The number of carbonyl (C=O) groups is 1. The maximum atomic E-state index is 13.0. The van der Waals surface area contributed by atoms with Crippen LogP contribution in [-0.4, -0.2) is 26.8 Å². The summed E-state index contributed by atoms with van der Waals surface area (Å²) in [5, 5.41) is 6.64. The molecule has 0 unspecified atom stereocenters. The Hall–Kier alpha value is -3.48. The molecule has 0 radical (unpaired) electrons. The number of rotatable bonds is 5. The molecule has 1 amide bonds. The Bertz CT molecular complexity index is 1110. The normalized spacial score (nSPS) is 10.7. The van der Waals surface area contributed by atoms with E-state index in [9.17, 15) is 14.4 Å². The summed E-state index contributed by atoms with van der Waals surface area (Å²) < 4.78 is 2.14. The summed E-state index contributed by atoms with van der Waals surface area (Å²) in [7, 11) is 0. The fraction of sp³-hybridized carbons (Fsp3) is 0.238. The molecule has 0 aliphatic carbocycles. The van der Waals surface area contributed by atoms with Gasteiger partial charge in [-0.05, 0) is 38.5 Å². The van der Waals surface area contributed by atoms with Crippen molar-refractivity contribution in [3.63, 3.8) is 0 Å². The lowest BCUT2D eigenvalue weighted by atomic mass is 10.1. The first-order valence-corrected chi connectivity index (χ1v) is 9.05. The first kappa shape index (κ1) is 19.3. The van der Waals surface area contributed by atoms with Crippen molar-refractivity contribution in [2.45, 2.75) is 27.3 Å². The average molecular weight is 378 g/mol. The van der Waals surface area contributed by atoms with Gasteiger partial charge in [0.25, 0.3) is 11.5 Å². The quantitative estimate of drug-likeness (QED) is 0.734. The summed E-state index contributed by atoms with van der Waals surface area (Å²) in [6.45, 7) is 6.04. The van der Waals surface area contributed by atoms with Crippen molar-refractivity contribution in [1.29, 1.82) is 0 Å². The van der Waals surface area contributed by atoms with Gasteiger partial charge in [0.1, 0.15) is 0 Å². The lowest BCUT2D eigenvalue weighted by Gasteiger charge is -2.12. The molecule has 2 aromatic carbocycles. The number of amides is 1. The van der Waals surface area contributed by atoms with Crippen LogP contribution in [0.15, 0.2) is 58.1 Å². The third-order valence-electron chi connectivity index (χ3n) is 4.35. The molecule has 3 aromatic rings. The number of aromatic nitrogens is 3. The third kappa shape index (κ3) is 3.93. The fourth-order valence-corrected chi connectivity index (χ4v) is 2.77. The SMILES string of the molecule is CCNC(=O)c1nn(-c2ccc(C)cc2)c(=O)n(Cc2ccc(C)cc2)c1=O. The Kier molecular flexibility index (Phi) is 5.54. The minimum atomic E-state index is -0.708. The Morgan fingerprint density at radius 2 is 1.54 bits per heavy atom. The second-order valence-corrected chi connectivity index (χ2v) is 6.61. The van der Waals surface area contributed by atoms with Crippen molar-refractivity contribution >= 4 is 5.91 Å². The zero-order valence-electron chi connectivity index (χ0n) is 16.1. The molecule has 28 heavy (non-hydrogen) atoms. The van der Waals surface area contributed by atoms with Crippen molar-refractivity contribution in [3.05, 3.63) is 91.8 Å². The highest BCUT2D eigenvalue weighted by atomic mass is 16.2. The van der Waals surface area contributed by atoms with E-state index in [-0.39, 0.29) is 12.2 Å². The fourth-order valence-electron chi connectivity index (χ4n) is 2.77. The van der Waals surface area contributed by atoms with Gasteiger partial charge in [0.05, 0.1) is 12.2 Å². The van der Waals surface area contributed by atoms with E-state index in [1.807, 2.05) is 50.2 Å². The zero-order valence-corrected chi connectivity index (χ0v) is 16.1. The smallest absolute Gasteiger partial charge is 0.351 e. The van der Waals surface area contributed by atoms with Gasteiger partial charge >= 0.3 is 5.69 Å². The van der Waals surface area contributed by atoms with Crippen LogP contribution in [0.4, 0.5) is 0 Å². The Labute approximate surface area is 162 Å². The van der Waals surface area contributed by atoms with Gasteiger partial charge < -0.3 is 5.32 Å². The van der Waals surface area contributed by atoms with Crippen LogP contribution in [0.5, 0.6) is 0 Å². The maximum absolute atomic E-state index is 13.0. The van der Waals surface area contributed by atoms with E-state index < -0.39 is 17.2 Å². The van der Waals surface area contributed by atoms with E-state index in [1.54, 1.807) is 19.1 Å². The summed E-state index contributed by atoms with van der Waals surface area (Å²) in [6, 6.07) is 14.6. The molecular weight excluding hydrogens is 356 g/mol. The third-order valence-corrected chi connectivity index (χ3v) is 4.35. The predicted molar refractivity (Wildman–Crippen MR) is 107 cm³/mol. The number of nitrogens with one attached hydrogen (secondary N) is 1. The van der Waals surface area contributed by atoms with E-state index in [0.29, 0.717) is 12.2 Å². The number of benzene rings is 2. The van der Waals surface area contributed by atoms with E-state index in [4.69, 9.17) is 0 Å². The van der Waals surface area contributed by atoms with Crippen LogP contribution in [0.25, 0.3) is 5.69 Å². The predicted octanol–water partition coefficient (Wildman–Crippen LogP) is 1.81. The highest BCUT2D eigenvalue weighted by Gasteiger charge is 2.20. The second-order valence-electron chi connectivity index (χ2n) is 6.61. The van der Waals surface area contributed by atoms with Crippen LogP contribution >= 0.6 is 0 Å². The van der Waals surface area contributed by atoms with Crippen molar-refractivity contribution in [2.75, 3.05) is 6.54 Å². The van der Waals surface area contributed by atoms with Crippen molar-refractivity contribution < 1.29 is 4.79 Å². The Morgan fingerprint density at radius 3 is 2.11 bits per heavy atom. The molecule has 0 atom stereocenters. The first-order valence-electron chi connectivity index (χ1n) is 9.05. The molecule has 144 valence electrons. The molecule has 0 bridgehead atoms. The van der Waals surface area contributed by atoms with Crippen LogP contribution in [0.3, 0.4) is 0 Å². The van der Waals surface area contributed by atoms with E-state index in [1.165, 1.54) is 0 Å². The summed E-state index contributed by atoms with van der Waals surface area (Å²) in [5.41, 5.74) is 1.75. The standard InChI is InChI=1S/C21H22N4O3/c1-4-22-19(26)18-20(27)24(13-16-9-5-14(2)6-10-16)21(28)25(23-18)17-11-7-15(3)8-12-17/h5-12H,4,13H2,1-3H3,(H,22,26). The van der Waals surface area contributed by atoms with Gasteiger partial charge in [-0.3, -0.25) is 14.2 Å². The van der Waals surface area contributed by atoms with Gasteiger partial charge in [0.15, 0.2) is 0 Å². The summed E-state index contributed by atoms with van der Waals surface area (Å²) in [4.78, 5) is 38.2. The van der Waals surface area contributed by atoms with Crippen molar-refractivity contribution in [2.24, 2.45) is 0 Å². The van der Waals surface area contributed by atoms with E-state index in [0.717, 1.165) is 25.9 Å². The van der Waals surface area contributed by atoms with Crippen LogP contribution in [0, 0.1) is 13.8 Å². The molecule has 0 fully saturated rings. The maximum Gasteiger partial charge on any atom is 0.352 e. The average Bonchev–Trinajstić information content (AvgIpc) is 2.68. The van der Waals surface area contributed by atoms with Gasteiger partial charge in [-0.2, -0.15) is 9.78 Å². The Morgan fingerprint density at radius 1 is 0.964 bits per heavy atom. The second kappa shape index (κ2) is 8.04. The van der Waals surface area contributed by atoms with E-state index in [2.05, 4.69) is 10.4 Å². The lowest BCUT2D eigenvalue weighted by molar-refractivity contribution is 0.0946. The molecule has 3 rings (SSSR count).